The molecule has 1 rings (SSSR count). The van der Waals surface area contributed by atoms with Gasteiger partial charge >= 0.3 is 0 Å². The van der Waals surface area contributed by atoms with Gasteiger partial charge in [0.25, 0.3) is 0 Å². The van der Waals surface area contributed by atoms with Gasteiger partial charge in [0.15, 0.2) is 11.6 Å². The van der Waals surface area contributed by atoms with Gasteiger partial charge in [-0.2, -0.15) is 0 Å². The molecular formula is C9H6F2. The van der Waals surface area contributed by atoms with Crippen LogP contribution in [0.25, 0.3) is 0 Å². The summed E-state index contributed by atoms with van der Waals surface area (Å²) in [6, 6.07) is 3.58. The molecule has 0 nitrogen and oxygen atoms in total. The molecule has 56 valence electrons. The fourth-order valence-electron chi connectivity index (χ4n) is 0.718. The first-order valence-electron chi connectivity index (χ1n) is 3.12. The second-order valence-electron chi connectivity index (χ2n) is 2.00. The maximum absolute atomic E-state index is 12.5. The van der Waals surface area contributed by atoms with E-state index in [9.17, 15) is 8.78 Å². The standard InChI is InChI=1S/C9H6F2/c1-2-3-7-4-5-8(10)9(11)6-7/h4-6H,1H3. The molecule has 0 N–H and O–H groups in total. The second-order valence-corrected chi connectivity index (χ2v) is 2.00. The van der Waals surface area contributed by atoms with Crippen LogP contribution in [0.5, 0.6) is 0 Å². The summed E-state index contributed by atoms with van der Waals surface area (Å²) in [6.07, 6.45) is 0. The van der Waals surface area contributed by atoms with E-state index in [-0.39, 0.29) is 0 Å². The lowest BCUT2D eigenvalue weighted by Crippen LogP contribution is -1.83. The summed E-state index contributed by atoms with van der Waals surface area (Å²) in [5.74, 6) is 3.51. The van der Waals surface area contributed by atoms with Crippen LogP contribution < -0.4 is 0 Å². The smallest absolute Gasteiger partial charge is 0.160 e. The SMILES string of the molecule is CC#Cc1ccc(F)c(F)c1. The Kier molecular flexibility index (Phi) is 2.22. The summed E-state index contributed by atoms with van der Waals surface area (Å²) in [5, 5.41) is 0. The summed E-state index contributed by atoms with van der Waals surface area (Å²) in [7, 11) is 0. The zero-order valence-electron chi connectivity index (χ0n) is 5.99. The molecule has 0 saturated carbocycles. The third kappa shape index (κ3) is 1.78. The van der Waals surface area contributed by atoms with Gasteiger partial charge in [-0.15, -0.1) is 5.92 Å². The van der Waals surface area contributed by atoms with Crippen LogP contribution in [-0.2, 0) is 0 Å². The van der Waals surface area contributed by atoms with E-state index in [0.29, 0.717) is 5.56 Å². The minimum absolute atomic E-state index is 0.492. The Balaban J connectivity index is 3.12. The van der Waals surface area contributed by atoms with Crippen LogP contribution in [0.2, 0.25) is 0 Å². The van der Waals surface area contributed by atoms with Crippen molar-refractivity contribution in [2.24, 2.45) is 0 Å². The summed E-state index contributed by atoms with van der Waals surface area (Å²) in [4.78, 5) is 0. The number of hydrogen-bond donors (Lipinski definition) is 0. The van der Waals surface area contributed by atoms with E-state index in [1.54, 1.807) is 6.92 Å². The third-order valence-corrected chi connectivity index (χ3v) is 1.19. The molecule has 0 fully saturated rings. The van der Waals surface area contributed by atoms with Crippen LogP contribution in [0.15, 0.2) is 18.2 Å². The Bertz CT molecular complexity index is 318. The van der Waals surface area contributed by atoms with Crippen molar-refractivity contribution in [1.82, 2.24) is 0 Å². The molecule has 0 heterocycles. The monoisotopic (exact) mass is 152 g/mol. The molecule has 11 heavy (non-hydrogen) atoms. The third-order valence-electron chi connectivity index (χ3n) is 1.19. The van der Waals surface area contributed by atoms with Crippen molar-refractivity contribution in [3.63, 3.8) is 0 Å². The maximum Gasteiger partial charge on any atom is 0.160 e. The molecule has 1 aromatic rings. The molecule has 0 aromatic heterocycles. The van der Waals surface area contributed by atoms with Gasteiger partial charge in [-0.05, 0) is 25.1 Å². The first kappa shape index (κ1) is 7.74. The van der Waals surface area contributed by atoms with Gasteiger partial charge in [-0.1, -0.05) is 5.92 Å². The van der Waals surface area contributed by atoms with Crippen molar-refractivity contribution in [2.75, 3.05) is 0 Å². The highest BCUT2D eigenvalue weighted by Crippen LogP contribution is 2.06. The Hall–Kier alpha value is -1.36. The molecule has 2 heteroatoms. The highest BCUT2D eigenvalue weighted by molar-refractivity contribution is 5.34. The van der Waals surface area contributed by atoms with Crippen molar-refractivity contribution in [1.29, 1.82) is 0 Å². The largest absolute Gasteiger partial charge is 0.204 e. The number of halogens is 2. The van der Waals surface area contributed by atoms with Gasteiger partial charge in [0.05, 0.1) is 0 Å². The van der Waals surface area contributed by atoms with Crippen molar-refractivity contribution in [3.8, 4) is 11.8 Å². The normalized spacial score (nSPS) is 8.64. The average molecular weight is 152 g/mol. The van der Waals surface area contributed by atoms with Gasteiger partial charge < -0.3 is 0 Å². The van der Waals surface area contributed by atoms with E-state index in [1.165, 1.54) is 6.07 Å². The summed E-state index contributed by atoms with van der Waals surface area (Å²) < 4.78 is 24.8. The Labute approximate surface area is 63.9 Å². The van der Waals surface area contributed by atoms with Crippen molar-refractivity contribution in [3.05, 3.63) is 35.4 Å². The summed E-state index contributed by atoms with van der Waals surface area (Å²) >= 11 is 0. The van der Waals surface area contributed by atoms with Crippen LogP contribution in [0.1, 0.15) is 12.5 Å². The van der Waals surface area contributed by atoms with Crippen molar-refractivity contribution >= 4 is 0 Å². The maximum atomic E-state index is 12.5. The Morgan fingerprint density at radius 1 is 1.18 bits per heavy atom. The lowest BCUT2D eigenvalue weighted by Gasteiger charge is -1.91. The van der Waals surface area contributed by atoms with E-state index in [0.717, 1.165) is 12.1 Å². The molecule has 0 radical (unpaired) electrons. The minimum atomic E-state index is -0.856. The zero-order chi connectivity index (χ0) is 8.27. The number of benzene rings is 1. The van der Waals surface area contributed by atoms with Crippen molar-refractivity contribution in [2.45, 2.75) is 6.92 Å². The van der Waals surface area contributed by atoms with Gasteiger partial charge in [0.1, 0.15) is 0 Å². The van der Waals surface area contributed by atoms with E-state index in [2.05, 4.69) is 11.8 Å². The zero-order valence-corrected chi connectivity index (χ0v) is 5.99. The Morgan fingerprint density at radius 3 is 2.45 bits per heavy atom. The quantitative estimate of drug-likeness (QED) is 0.500. The van der Waals surface area contributed by atoms with E-state index < -0.39 is 11.6 Å². The fraction of sp³-hybridized carbons (Fsp3) is 0.111. The molecule has 0 spiro atoms. The van der Waals surface area contributed by atoms with E-state index in [1.807, 2.05) is 0 Å². The molecule has 0 unspecified atom stereocenters. The fourth-order valence-corrected chi connectivity index (χ4v) is 0.718. The molecular weight excluding hydrogens is 146 g/mol. The van der Waals surface area contributed by atoms with Gasteiger partial charge in [0, 0.05) is 5.56 Å². The van der Waals surface area contributed by atoms with E-state index in [4.69, 9.17) is 0 Å². The molecule has 0 aliphatic rings. The summed E-state index contributed by atoms with van der Waals surface area (Å²) in [5.41, 5.74) is 0.492. The highest BCUT2D eigenvalue weighted by Gasteiger charge is 1.99. The van der Waals surface area contributed by atoms with Crippen LogP contribution in [0.4, 0.5) is 8.78 Å². The molecule has 0 aliphatic heterocycles. The second kappa shape index (κ2) is 3.16. The lowest BCUT2D eigenvalue weighted by molar-refractivity contribution is 0.508. The predicted molar refractivity (Wildman–Crippen MR) is 38.9 cm³/mol. The topological polar surface area (TPSA) is 0 Å². The van der Waals surface area contributed by atoms with Crippen LogP contribution in [0, 0.1) is 23.5 Å². The molecule has 0 atom stereocenters. The molecule has 0 amide bonds. The predicted octanol–water partition coefficient (Wildman–Crippen LogP) is 2.34. The lowest BCUT2D eigenvalue weighted by atomic mass is 10.2. The highest BCUT2D eigenvalue weighted by atomic mass is 19.2. The van der Waals surface area contributed by atoms with Crippen LogP contribution in [-0.4, -0.2) is 0 Å². The van der Waals surface area contributed by atoms with E-state index >= 15 is 0 Å². The van der Waals surface area contributed by atoms with Crippen LogP contribution in [0.3, 0.4) is 0 Å². The number of hydrogen-bond acceptors (Lipinski definition) is 0. The first-order chi connectivity index (χ1) is 5.24. The molecule has 0 bridgehead atoms. The summed E-state index contributed by atoms with van der Waals surface area (Å²) in [6.45, 7) is 1.64. The first-order valence-corrected chi connectivity index (χ1v) is 3.12. The van der Waals surface area contributed by atoms with Crippen molar-refractivity contribution < 1.29 is 8.78 Å². The average Bonchev–Trinajstić information content (AvgIpc) is 1.98. The number of rotatable bonds is 0. The minimum Gasteiger partial charge on any atom is -0.204 e. The van der Waals surface area contributed by atoms with Gasteiger partial charge in [-0.25, -0.2) is 8.78 Å². The van der Waals surface area contributed by atoms with Gasteiger partial charge in [-0.3, -0.25) is 0 Å². The molecule has 1 aromatic carbocycles. The Morgan fingerprint density at radius 2 is 1.91 bits per heavy atom. The van der Waals surface area contributed by atoms with Gasteiger partial charge in [0.2, 0.25) is 0 Å². The molecule has 0 aliphatic carbocycles. The van der Waals surface area contributed by atoms with Crippen LogP contribution >= 0.6 is 0 Å². The molecule has 0 saturated heterocycles.